The molecule has 0 aromatic carbocycles. The summed E-state index contributed by atoms with van der Waals surface area (Å²) in [5.41, 5.74) is 1.64. The van der Waals surface area contributed by atoms with Gasteiger partial charge in [-0.05, 0) is 31.4 Å². The molecule has 1 aliphatic carbocycles. The quantitative estimate of drug-likeness (QED) is 0.763. The van der Waals surface area contributed by atoms with Crippen molar-refractivity contribution in [3.8, 4) is 0 Å². The first-order chi connectivity index (χ1) is 6.35. The lowest BCUT2D eigenvalue weighted by Crippen LogP contribution is -2.20. The minimum atomic E-state index is 0.427. The topological polar surface area (TPSA) is 24.9 Å². The fourth-order valence-electron chi connectivity index (χ4n) is 1.81. The molecule has 70 valence electrons. The van der Waals surface area contributed by atoms with E-state index in [-0.39, 0.29) is 0 Å². The van der Waals surface area contributed by atoms with Gasteiger partial charge in [0.05, 0.1) is 0 Å². The number of hydrogen-bond acceptors (Lipinski definition) is 2. The smallest absolute Gasteiger partial charge is 0.0375 e. The van der Waals surface area contributed by atoms with Crippen molar-refractivity contribution in [2.24, 2.45) is 0 Å². The molecule has 2 rings (SSSR count). The van der Waals surface area contributed by atoms with Crippen LogP contribution in [0.25, 0.3) is 0 Å². The molecule has 2 nitrogen and oxygen atoms in total. The van der Waals surface area contributed by atoms with E-state index in [9.17, 15) is 0 Å². The fraction of sp³-hybridized carbons (Fsp3) is 0.545. The molecule has 0 bridgehead atoms. The average Bonchev–Trinajstić information content (AvgIpc) is 2.87. The lowest BCUT2D eigenvalue weighted by molar-refractivity contribution is 0.639. The van der Waals surface area contributed by atoms with Gasteiger partial charge in [-0.3, -0.25) is 4.98 Å². The highest BCUT2D eigenvalue weighted by Crippen LogP contribution is 2.42. The normalized spacial score (nSPS) is 18.2. The van der Waals surface area contributed by atoms with Gasteiger partial charge in [0, 0.05) is 23.6 Å². The molecule has 0 saturated heterocycles. The van der Waals surface area contributed by atoms with Crippen LogP contribution in [0.5, 0.6) is 0 Å². The Morgan fingerprint density at radius 2 is 2.08 bits per heavy atom. The lowest BCUT2D eigenvalue weighted by atomic mass is 10.1. The third-order valence-corrected chi connectivity index (χ3v) is 2.67. The molecule has 0 aliphatic heterocycles. The van der Waals surface area contributed by atoms with Crippen LogP contribution >= 0.6 is 0 Å². The molecule has 0 radical (unpaired) electrons. The molecule has 2 heteroatoms. The predicted octanol–water partition coefficient (Wildman–Crippen LogP) is 2.83. The van der Waals surface area contributed by atoms with Gasteiger partial charge in [-0.2, -0.15) is 0 Å². The average molecular weight is 176 g/mol. The number of anilines is 1. The van der Waals surface area contributed by atoms with Gasteiger partial charge in [0.1, 0.15) is 0 Å². The van der Waals surface area contributed by atoms with E-state index in [0.717, 1.165) is 0 Å². The van der Waals surface area contributed by atoms with Crippen LogP contribution in [0.2, 0.25) is 0 Å². The van der Waals surface area contributed by atoms with Crippen LogP contribution in [-0.4, -0.2) is 10.5 Å². The molecule has 1 fully saturated rings. The molecule has 1 aliphatic rings. The van der Waals surface area contributed by atoms with E-state index in [1.807, 2.05) is 24.5 Å². The van der Waals surface area contributed by atoms with E-state index in [4.69, 9.17) is 0 Å². The molecule has 0 unspecified atom stereocenters. The summed E-state index contributed by atoms with van der Waals surface area (Å²) in [5.74, 6) is 0. The lowest BCUT2D eigenvalue weighted by Gasteiger charge is -2.17. The summed E-state index contributed by atoms with van der Waals surface area (Å²) in [5, 5.41) is 3.59. The molecular formula is C11H16N2. The van der Waals surface area contributed by atoms with Crippen molar-refractivity contribution in [3.63, 3.8) is 0 Å². The van der Waals surface area contributed by atoms with E-state index >= 15 is 0 Å². The Balaban J connectivity index is 1.98. The number of pyridine rings is 1. The number of rotatable bonds is 4. The Morgan fingerprint density at radius 1 is 1.38 bits per heavy atom. The zero-order valence-electron chi connectivity index (χ0n) is 8.09. The van der Waals surface area contributed by atoms with Gasteiger partial charge in [-0.1, -0.05) is 13.3 Å². The number of nitrogens with one attached hydrogen (secondary N) is 1. The zero-order valence-corrected chi connectivity index (χ0v) is 8.09. The van der Waals surface area contributed by atoms with Crippen LogP contribution in [-0.2, 0) is 0 Å². The summed E-state index contributed by atoms with van der Waals surface area (Å²) in [7, 11) is 0. The van der Waals surface area contributed by atoms with E-state index in [2.05, 4.69) is 17.2 Å². The first kappa shape index (κ1) is 8.54. The molecule has 0 spiro atoms. The van der Waals surface area contributed by atoms with Crippen molar-refractivity contribution in [2.45, 2.75) is 38.1 Å². The van der Waals surface area contributed by atoms with E-state index in [0.29, 0.717) is 5.54 Å². The molecule has 13 heavy (non-hydrogen) atoms. The van der Waals surface area contributed by atoms with Gasteiger partial charge in [-0.15, -0.1) is 0 Å². The Morgan fingerprint density at radius 3 is 2.62 bits per heavy atom. The molecule has 1 aromatic rings. The molecule has 0 amide bonds. The van der Waals surface area contributed by atoms with Crippen molar-refractivity contribution in [2.75, 3.05) is 5.32 Å². The van der Waals surface area contributed by atoms with Gasteiger partial charge >= 0.3 is 0 Å². The third-order valence-electron chi connectivity index (χ3n) is 2.67. The zero-order chi connectivity index (χ0) is 9.15. The van der Waals surface area contributed by atoms with Crippen LogP contribution < -0.4 is 5.32 Å². The molecular weight excluding hydrogens is 160 g/mol. The van der Waals surface area contributed by atoms with Crippen LogP contribution in [0, 0.1) is 0 Å². The van der Waals surface area contributed by atoms with Crippen LogP contribution in [0.15, 0.2) is 24.5 Å². The second-order valence-electron chi connectivity index (χ2n) is 3.89. The highest BCUT2D eigenvalue weighted by atomic mass is 15.0. The van der Waals surface area contributed by atoms with Gasteiger partial charge < -0.3 is 5.32 Å². The van der Waals surface area contributed by atoms with Crippen LogP contribution in [0.4, 0.5) is 5.69 Å². The van der Waals surface area contributed by atoms with Crippen molar-refractivity contribution in [1.29, 1.82) is 0 Å². The maximum Gasteiger partial charge on any atom is 0.0375 e. The summed E-state index contributed by atoms with van der Waals surface area (Å²) in [4.78, 5) is 4.00. The minimum absolute atomic E-state index is 0.427. The Bertz CT molecular complexity index is 265. The van der Waals surface area contributed by atoms with Gasteiger partial charge in [0.2, 0.25) is 0 Å². The van der Waals surface area contributed by atoms with Crippen molar-refractivity contribution >= 4 is 5.69 Å². The molecule has 0 atom stereocenters. The Labute approximate surface area is 79.4 Å². The second kappa shape index (κ2) is 3.36. The highest BCUT2D eigenvalue weighted by molar-refractivity contribution is 5.45. The number of nitrogens with zero attached hydrogens (tertiary/aromatic N) is 1. The molecule has 1 aromatic heterocycles. The summed E-state index contributed by atoms with van der Waals surface area (Å²) in [6.45, 7) is 2.24. The minimum Gasteiger partial charge on any atom is -0.380 e. The SMILES string of the molecule is CCCC1(Nc2ccncc2)CC1. The highest BCUT2D eigenvalue weighted by Gasteiger charge is 2.41. The van der Waals surface area contributed by atoms with Crippen molar-refractivity contribution in [1.82, 2.24) is 4.98 Å². The van der Waals surface area contributed by atoms with Crippen molar-refractivity contribution in [3.05, 3.63) is 24.5 Å². The van der Waals surface area contributed by atoms with Gasteiger partial charge in [-0.25, -0.2) is 0 Å². The van der Waals surface area contributed by atoms with Crippen LogP contribution in [0.1, 0.15) is 32.6 Å². The standard InChI is InChI=1S/C11H16N2/c1-2-5-11(6-7-11)13-10-3-8-12-9-4-10/h3-4,8-9H,2,5-7H2,1H3,(H,12,13). The fourth-order valence-corrected chi connectivity index (χ4v) is 1.81. The first-order valence-corrected chi connectivity index (χ1v) is 5.03. The number of hydrogen-bond donors (Lipinski definition) is 1. The maximum atomic E-state index is 4.00. The third kappa shape index (κ3) is 2.00. The molecule has 1 saturated carbocycles. The van der Waals surface area contributed by atoms with Crippen LogP contribution in [0.3, 0.4) is 0 Å². The summed E-state index contributed by atoms with van der Waals surface area (Å²) in [6, 6.07) is 4.07. The van der Waals surface area contributed by atoms with E-state index in [1.165, 1.54) is 31.4 Å². The predicted molar refractivity (Wildman–Crippen MR) is 54.7 cm³/mol. The monoisotopic (exact) mass is 176 g/mol. The summed E-state index contributed by atoms with van der Waals surface area (Å²) in [6.07, 6.45) is 8.87. The van der Waals surface area contributed by atoms with Crippen molar-refractivity contribution < 1.29 is 0 Å². The molecule has 1 N–H and O–H groups in total. The second-order valence-corrected chi connectivity index (χ2v) is 3.89. The van der Waals surface area contributed by atoms with Gasteiger partial charge in [0.25, 0.3) is 0 Å². The maximum absolute atomic E-state index is 4.00. The number of aromatic nitrogens is 1. The van der Waals surface area contributed by atoms with E-state index in [1.54, 1.807) is 0 Å². The van der Waals surface area contributed by atoms with E-state index < -0.39 is 0 Å². The summed E-state index contributed by atoms with van der Waals surface area (Å²) < 4.78 is 0. The Hall–Kier alpha value is -1.05. The molecule has 1 heterocycles. The summed E-state index contributed by atoms with van der Waals surface area (Å²) >= 11 is 0. The first-order valence-electron chi connectivity index (χ1n) is 5.03. The Kier molecular flexibility index (Phi) is 2.21. The van der Waals surface area contributed by atoms with Gasteiger partial charge in [0.15, 0.2) is 0 Å². The largest absolute Gasteiger partial charge is 0.380 e.